The van der Waals surface area contributed by atoms with Gasteiger partial charge in [-0.1, -0.05) is 18.2 Å². The van der Waals surface area contributed by atoms with Crippen molar-refractivity contribution >= 4 is 22.1 Å². The lowest BCUT2D eigenvalue weighted by Gasteiger charge is -2.14. The maximum absolute atomic E-state index is 14.6. The van der Waals surface area contributed by atoms with Gasteiger partial charge in [0.05, 0.1) is 22.9 Å². The van der Waals surface area contributed by atoms with Gasteiger partial charge in [-0.15, -0.1) is 0 Å². The van der Waals surface area contributed by atoms with Crippen LogP contribution in [0, 0.1) is 5.82 Å². The predicted octanol–water partition coefficient (Wildman–Crippen LogP) is 5.36. The molecule has 8 nitrogen and oxygen atoms in total. The highest BCUT2D eigenvalue weighted by Gasteiger charge is 2.18. The number of H-pyrrole nitrogens is 2. The van der Waals surface area contributed by atoms with Crippen molar-refractivity contribution in [3.8, 4) is 33.9 Å². The third kappa shape index (κ3) is 3.93. The molecule has 0 aliphatic carbocycles. The zero-order valence-electron chi connectivity index (χ0n) is 19.9. The van der Waals surface area contributed by atoms with Gasteiger partial charge in [-0.3, -0.25) is 20.0 Å². The molecule has 5 aromatic heterocycles. The fraction of sp³-hybridized carbons (Fsp3) is 0.179. The van der Waals surface area contributed by atoms with Crippen LogP contribution in [0.4, 0.5) is 4.39 Å². The lowest BCUT2D eigenvalue weighted by Crippen LogP contribution is -2.18. The van der Waals surface area contributed by atoms with Gasteiger partial charge in [-0.25, -0.2) is 14.4 Å². The molecule has 1 aliphatic rings. The SMILES string of the molecule is Fc1ccccc1-c1ccnc2nc(-c3n[nH]c4cnc(-c5cncc(CN6CCCC6)c5)cc34)[nH]c12. The Bertz CT molecular complexity index is 1750. The molecular formula is C28H23FN8. The van der Waals surface area contributed by atoms with Gasteiger partial charge in [0.1, 0.15) is 11.5 Å². The van der Waals surface area contributed by atoms with Crippen LogP contribution in [0.25, 0.3) is 56.0 Å². The maximum atomic E-state index is 14.6. The monoisotopic (exact) mass is 490 g/mol. The summed E-state index contributed by atoms with van der Waals surface area (Å²) in [6, 6.07) is 12.6. The van der Waals surface area contributed by atoms with E-state index in [4.69, 9.17) is 0 Å². The summed E-state index contributed by atoms with van der Waals surface area (Å²) in [6.45, 7) is 3.17. The molecule has 6 heterocycles. The first-order valence-electron chi connectivity index (χ1n) is 12.3. The van der Waals surface area contributed by atoms with Gasteiger partial charge in [-0.05, 0) is 55.8 Å². The molecule has 1 saturated heterocycles. The van der Waals surface area contributed by atoms with Crippen molar-refractivity contribution in [3.63, 3.8) is 0 Å². The first-order valence-corrected chi connectivity index (χ1v) is 12.3. The molecule has 2 N–H and O–H groups in total. The summed E-state index contributed by atoms with van der Waals surface area (Å²) in [5, 5.41) is 8.44. The number of nitrogens with one attached hydrogen (secondary N) is 2. The summed E-state index contributed by atoms with van der Waals surface area (Å²) in [4.78, 5) is 24.0. The molecule has 0 amide bonds. The van der Waals surface area contributed by atoms with Gasteiger partial charge in [-0.2, -0.15) is 5.10 Å². The van der Waals surface area contributed by atoms with Crippen molar-refractivity contribution in [3.05, 3.63) is 78.6 Å². The molecule has 1 aromatic carbocycles. The molecule has 9 heteroatoms. The van der Waals surface area contributed by atoms with Crippen LogP contribution in [0.2, 0.25) is 0 Å². The number of halogens is 1. The van der Waals surface area contributed by atoms with Crippen molar-refractivity contribution in [1.29, 1.82) is 0 Å². The molecule has 0 radical (unpaired) electrons. The zero-order chi connectivity index (χ0) is 24.8. The van der Waals surface area contributed by atoms with Crippen molar-refractivity contribution < 1.29 is 4.39 Å². The summed E-state index contributed by atoms with van der Waals surface area (Å²) in [6.07, 6.45) is 9.70. The molecule has 37 heavy (non-hydrogen) atoms. The zero-order valence-corrected chi connectivity index (χ0v) is 19.9. The van der Waals surface area contributed by atoms with Gasteiger partial charge >= 0.3 is 0 Å². The van der Waals surface area contributed by atoms with Crippen molar-refractivity contribution in [2.75, 3.05) is 13.1 Å². The number of rotatable bonds is 5. The van der Waals surface area contributed by atoms with Crippen molar-refractivity contribution in [1.82, 2.24) is 40.0 Å². The molecule has 0 bridgehead atoms. The molecule has 6 aromatic rings. The molecule has 0 spiro atoms. The second-order valence-electron chi connectivity index (χ2n) is 9.37. The second-order valence-corrected chi connectivity index (χ2v) is 9.37. The fourth-order valence-electron chi connectivity index (χ4n) is 5.10. The van der Waals surface area contributed by atoms with E-state index >= 15 is 0 Å². The minimum atomic E-state index is -0.298. The normalized spacial score (nSPS) is 14.2. The predicted molar refractivity (Wildman–Crippen MR) is 140 cm³/mol. The number of likely N-dealkylation sites (tertiary alicyclic amines) is 1. The van der Waals surface area contributed by atoms with Gasteiger partial charge in [0.25, 0.3) is 0 Å². The first kappa shape index (κ1) is 21.8. The Labute approximate surface area is 211 Å². The first-order chi connectivity index (χ1) is 18.2. The van der Waals surface area contributed by atoms with Crippen LogP contribution < -0.4 is 0 Å². The van der Waals surface area contributed by atoms with Crippen LogP contribution in [0.1, 0.15) is 18.4 Å². The Balaban J connectivity index is 1.29. The van der Waals surface area contributed by atoms with Crippen molar-refractivity contribution in [2.24, 2.45) is 0 Å². The van der Waals surface area contributed by atoms with Gasteiger partial charge < -0.3 is 4.98 Å². The Morgan fingerprint density at radius 3 is 2.73 bits per heavy atom. The standard InChI is InChI=1S/C28H23FN8/c29-22-6-2-1-5-19(22)20-7-8-31-27-25(20)33-28(34-27)26-21-12-23(32-15-24(21)35-36-26)18-11-17(13-30-14-18)16-37-9-3-4-10-37/h1-2,5-8,11-15H,3-4,9-10,16H2,(H,35,36)(H,31,33,34). The summed E-state index contributed by atoms with van der Waals surface area (Å²) in [5.41, 5.74) is 6.74. The third-order valence-electron chi connectivity index (χ3n) is 6.92. The van der Waals surface area contributed by atoms with Gasteiger partial charge in [0.15, 0.2) is 11.5 Å². The fourth-order valence-corrected chi connectivity index (χ4v) is 5.10. The summed E-state index contributed by atoms with van der Waals surface area (Å²) in [7, 11) is 0. The van der Waals surface area contributed by atoms with E-state index in [1.54, 1.807) is 30.6 Å². The minimum absolute atomic E-state index is 0.298. The molecule has 1 fully saturated rings. The van der Waals surface area contributed by atoms with E-state index in [1.165, 1.54) is 24.5 Å². The molecule has 0 saturated carbocycles. The summed E-state index contributed by atoms with van der Waals surface area (Å²) in [5.74, 6) is 0.253. The van der Waals surface area contributed by atoms with Crippen LogP contribution >= 0.6 is 0 Å². The highest BCUT2D eigenvalue weighted by Crippen LogP contribution is 2.32. The molecule has 1 aliphatic heterocycles. The van der Waals surface area contributed by atoms with Crippen molar-refractivity contribution in [2.45, 2.75) is 19.4 Å². The minimum Gasteiger partial charge on any atom is -0.335 e. The number of aromatic amines is 2. The highest BCUT2D eigenvalue weighted by atomic mass is 19.1. The van der Waals surface area contributed by atoms with Crippen LogP contribution in [0.15, 0.2) is 67.3 Å². The quantitative estimate of drug-likeness (QED) is 0.338. The molecular weight excluding hydrogens is 467 g/mol. The summed E-state index contributed by atoms with van der Waals surface area (Å²) < 4.78 is 14.6. The van der Waals surface area contributed by atoms with E-state index in [2.05, 4.69) is 46.1 Å². The highest BCUT2D eigenvalue weighted by molar-refractivity contribution is 5.96. The molecule has 182 valence electrons. The van der Waals surface area contributed by atoms with Crippen LogP contribution in [0.5, 0.6) is 0 Å². The third-order valence-corrected chi connectivity index (χ3v) is 6.92. The second kappa shape index (κ2) is 8.86. The number of benzene rings is 1. The smallest absolute Gasteiger partial charge is 0.178 e. The van der Waals surface area contributed by atoms with E-state index in [-0.39, 0.29) is 5.82 Å². The lowest BCUT2D eigenvalue weighted by molar-refractivity contribution is 0.331. The number of hydrogen-bond donors (Lipinski definition) is 2. The average Bonchev–Trinajstić information content (AvgIpc) is 3.68. The Kier molecular flexibility index (Phi) is 5.21. The number of aromatic nitrogens is 7. The van der Waals surface area contributed by atoms with Gasteiger partial charge in [0.2, 0.25) is 0 Å². The summed E-state index contributed by atoms with van der Waals surface area (Å²) >= 11 is 0. The van der Waals surface area contributed by atoms with Gasteiger partial charge in [0, 0.05) is 47.2 Å². The Morgan fingerprint density at radius 1 is 0.946 bits per heavy atom. The van der Waals surface area contributed by atoms with Crippen LogP contribution in [0.3, 0.4) is 0 Å². The molecule has 7 rings (SSSR count). The van der Waals surface area contributed by atoms with E-state index in [9.17, 15) is 4.39 Å². The lowest BCUT2D eigenvalue weighted by atomic mass is 10.1. The largest absolute Gasteiger partial charge is 0.335 e. The van der Waals surface area contributed by atoms with E-state index in [1.807, 2.05) is 24.5 Å². The van der Waals surface area contributed by atoms with E-state index in [0.717, 1.165) is 41.8 Å². The Morgan fingerprint density at radius 2 is 1.84 bits per heavy atom. The molecule has 0 atom stereocenters. The molecule has 0 unspecified atom stereocenters. The maximum Gasteiger partial charge on any atom is 0.178 e. The van der Waals surface area contributed by atoms with Crippen LogP contribution in [-0.2, 0) is 6.54 Å². The number of hydrogen-bond acceptors (Lipinski definition) is 6. The topological polar surface area (TPSA) is 99.3 Å². The van der Waals surface area contributed by atoms with E-state index < -0.39 is 0 Å². The van der Waals surface area contributed by atoms with E-state index in [0.29, 0.717) is 33.8 Å². The van der Waals surface area contributed by atoms with Crippen LogP contribution in [-0.4, -0.2) is 53.1 Å². The number of imidazole rings is 1. The average molecular weight is 491 g/mol. The number of nitrogens with zero attached hydrogens (tertiary/aromatic N) is 6. The number of pyridine rings is 3. The Hall–Kier alpha value is -4.50. The number of fused-ring (bicyclic) bond motifs is 2.